The van der Waals surface area contributed by atoms with Crippen LogP contribution in [0.1, 0.15) is 31.4 Å². The molecule has 1 aromatic carbocycles. The van der Waals surface area contributed by atoms with Gasteiger partial charge in [-0.1, -0.05) is 23.7 Å². The third-order valence-electron chi connectivity index (χ3n) is 3.40. The molecular weight excluding hydrogens is 196 g/mol. The maximum atomic E-state index is 5.84. The molecule has 0 radical (unpaired) electrons. The highest BCUT2D eigenvalue weighted by Crippen LogP contribution is 2.61. The Hall–Kier alpha value is -0.530. The third kappa shape index (κ3) is 1.27. The number of rotatable bonds is 2. The van der Waals surface area contributed by atoms with E-state index in [9.17, 15) is 0 Å². The van der Waals surface area contributed by atoms with Gasteiger partial charge in [0.05, 0.1) is 5.60 Å². The highest BCUT2D eigenvalue weighted by molar-refractivity contribution is 6.30. The van der Waals surface area contributed by atoms with Crippen LogP contribution in [0.15, 0.2) is 24.3 Å². The van der Waals surface area contributed by atoms with Gasteiger partial charge in [0.1, 0.15) is 6.10 Å². The van der Waals surface area contributed by atoms with Crippen LogP contribution in [0.2, 0.25) is 5.02 Å². The van der Waals surface area contributed by atoms with Crippen molar-refractivity contribution in [3.8, 4) is 0 Å². The number of hydrogen-bond acceptors (Lipinski definition) is 1. The van der Waals surface area contributed by atoms with Gasteiger partial charge in [-0.05, 0) is 43.4 Å². The molecule has 1 saturated heterocycles. The summed E-state index contributed by atoms with van der Waals surface area (Å²) in [6, 6.07) is 8.01. The van der Waals surface area contributed by atoms with Crippen molar-refractivity contribution in [2.75, 3.05) is 0 Å². The molecule has 3 rings (SSSR count). The Bertz CT molecular complexity index is 355. The van der Waals surface area contributed by atoms with Gasteiger partial charge in [-0.3, -0.25) is 0 Å². The van der Waals surface area contributed by atoms with Gasteiger partial charge in [0, 0.05) is 5.02 Å². The third-order valence-corrected chi connectivity index (χ3v) is 3.65. The van der Waals surface area contributed by atoms with E-state index < -0.39 is 0 Å². The lowest BCUT2D eigenvalue weighted by atomic mass is 9.97. The van der Waals surface area contributed by atoms with E-state index >= 15 is 0 Å². The summed E-state index contributed by atoms with van der Waals surface area (Å²) in [6.07, 6.45) is 2.98. The monoisotopic (exact) mass is 208 g/mol. The fourth-order valence-electron chi connectivity index (χ4n) is 2.22. The topological polar surface area (TPSA) is 12.5 Å². The molecule has 1 heterocycles. The van der Waals surface area contributed by atoms with Crippen LogP contribution in [0.25, 0.3) is 0 Å². The summed E-state index contributed by atoms with van der Waals surface area (Å²) < 4.78 is 5.81. The zero-order valence-electron chi connectivity index (χ0n) is 8.16. The largest absolute Gasteiger partial charge is 0.361 e. The average Bonchev–Trinajstić information content (AvgIpc) is 2.99. The molecule has 14 heavy (non-hydrogen) atoms. The summed E-state index contributed by atoms with van der Waals surface area (Å²) in [7, 11) is 0. The molecule has 1 aliphatic heterocycles. The molecule has 0 spiro atoms. The molecule has 0 aromatic heterocycles. The zero-order valence-corrected chi connectivity index (χ0v) is 8.92. The normalized spacial score (nSPS) is 35.7. The predicted octanol–water partition coefficient (Wildman–Crippen LogP) is 3.58. The lowest BCUT2D eigenvalue weighted by Crippen LogP contribution is -2.08. The molecule has 74 valence electrons. The predicted molar refractivity (Wildman–Crippen MR) is 56.4 cm³/mol. The molecule has 1 aromatic rings. The van der Waals surface area contributed by atoms with E-state index in [1.807, 2.05) is 12.1 Å². The van der Waals surface area contributed by atoms with Gasteiger partial charge < -0.3 is 4.74 Å². The number of benzene rings is 1. The maximum Gasteiger partial charge on any atom is 0.112 e. The Morgan fingerprint density at radius 3 is 2.50 bits per heavy atom. The molecule has 1 nitrogen and oxygen atoms in total. The van der Waals surface area contributed by atoms with E-state index in [-0.39, 0.29) is 5.60 Å². The lowest BCUT2D eigenvalue weighted by Gasteiger charge is -2.02. The Morgan fingerprint density at radius 1 is 1.29 bits per heavy atom. The second-order valence-electron chi connectivity index (χ2n) is 4.51. The molecule has 2 atom stereocenters. The molecule has 0 bridgehead atoms. The molecule has 1 aliphatic carbocycles. The van der Waals surface area contributed by atoms with Gasteiger partial charge in [-0.2, -0.15) is 0 Å². The summed E-state index contributed by atoms with van der Waals surface area (Å²) in [5.41, 5.74) is 1.40. The van der Waals surface area contributed by atoms with Crippen molar-refractivity contribution in [3.63, 3.8) is 0 Å². The quantitative estimate of drug-likeness (QED) is 0.677. The van der Waals surface area contributed by atoms with Crippen molar-refractivity contribution in [1.29, 1.82) is 0 Å². The van der Waals surface area contributed by atoms with Crippen molar-refractivity contribution in [2.45, 2.75) is 31.5 Å². The van der Waals surface area contributed by atoms with Crippen molar-refractivity contribution in [2.24, 2.45) is 5.92 Å². The van der Waals surface area contributed by atoms with Crippen LogP contribution >= 0.6 is 11.6 Å². The van der Waals surface area contributed by atoms with Crippen LogP contribution in [-0.4, -0.2) is 5.60 Å². The van der Waals surface area contributed by atoms with Gasteiger partial charge in [-0.15, -0.1) is 0 Å². The van der Waals surface area contributed by atoms with Crippen LogP contribution in [0.4, 0.5) is 0 Å². The minimum Gasteiger partial charge on any atom is -0.361 e. The summed E-state index contributed by atoms with van der Waals surface area (Å²) in [6.45, 7) is 2.23. The van der Waals surface area contributed by atoms with Crippen molar-refractivity contribution < 1.29 is 4.74 Å². The first kappa shape index (κ1) is 8.75. The van der Waals surface area contributed by atoms with Crippen LogP contribution in [-0.2, 0) is 4.74 Å². The van der Waals surface area contributed by atoms with Crippen molar-refractivity contribution >= 4 is 11.6 Å². The SMILES string of the molecule is CC1(C2CC2)OC1c1ccc(Cl)cc1. The maximum absolute atomic E-state index is 5.84. The lowest BCUT2D eigenvalue weighted by molar-refractivity contribution is 0.285. The first-order chi connectivity index (χ1) is 6.70. The Balaban J connectivity index is 1.82. The molecule has 0 N–H and O–H groups in total. The fourth-order valence-corrected chi connectivity index (χ4v) is 2.35. The summed E-state index contributed by atoms with van der Waals surface area (Å²) >= 11 is 5.84. The number of halogens is 1. The molecule has 1 saturated carbocycles. The van der Waals surface area contributed by atoms with Gasteiger partial charge in [0.2, 0.25) is 0 Å². The summed E-state index contributed by atoms with van der Waals surface area (Å²) in [5, 5.41) is 0.794. The van der Waals surface area contributed by atoms with Gasteiger partial charge in [0.15, 0.2) is 0 Å². The first-order valence-corrected chi connectivity index (χ1v) is 5.51. The molecule has 2 heteroatoms. The fraction of sp³-hybridized carbons (Fsp3) is 0.500. The second kappa shape index (κ2) is 2.74. The minimum atomic E-state index is 0.133. The number of hydrogen-bond donors (Lipinski definition) is 0. The summed E-state index contributed by atoms with van der Waals surface area (Å²) in [4.78, 5) is 0. The zero-order chi connectivity index (χ0) is 9.76. The average molecular weight is 209 g/mol. The highest BCUT2D eigenvalue weighted by Gasteiger charge is 2.61. The molecule has 2 unspecified atom stereocenters. The smallest absolute Gasteiger partial charge is 0.112 e. The molecular formula is C12H13ClO. The van der Waals surface area contributed by atoms with E-state index in [0.29, 0.717) is 6.10 Å². The van der Waals surface area contributed by atoms with Gasteiger partial charge in [-0.25, -0.2) is 0 Å². The van der Waals surface area contributed by atoms with Crippen LogP contribution < -0.4 is 0 Å². The van der Waals surface area contributed by atoms with Crippen LogP contribution in [0, 0.1) is 5.92 Å². The first-order valence-electron chi connectivity index (χ1n) is 5.13. The van der Waals surface area contributed by atoms with Crippen molar-refractivity contribution in [3.05, 3.63) is 34.9 Å². The second-order valence-corrected chi connectivity index (χ2v) is 4.94. The minimum absolute atomic E-state index is 0.133. The molecule has 2 aliphatic rings. The van der Waals surface area contributed by atoms with E-state index in [0.717, 1.165) is 10.9 Å². The van der Waals surface area contributed by atoms with E-state index in [2.05, 4.69) is 19.1 Å². The van der Waals surface area contributed by atoms with E-state index in [4.69, 9.17) is 16.3 Å². The summed E-state index contributed by atoms with van der Waals surface area (Å²) in [5.74, 6) is 0.795. The standard InChI is InChI=1S/C12H13ClO/c1-12(9-4-5-9)11(14-12)8-2-6-10(13)7-3-8/h2-3,6-7,9,11H,4-5H2,1H3. The Kier molecular flexibility index (Phi) is 1.71. The molecule has 2 fully saturated rings. The van der Waals surface area contributed by atoms with Gasteiger partial charge in [0.25, 0.3) is 0 Å². The number of ether oxygens (including phenoxy) is 1. The van der Waals surface area contributed by atoms with Crippen molar-refractivity contribution in [1.82, 2.24) is 0 Å². The number of epoxide rings is 1. The Morgan fingerprint density at radius 2 is 1.93 bits per heavy atom. The highest BCUT2D eigenvalue weighted by atomic mass is 35.5. The van der Waals surface area contributed by atoms with Gasteiger partial charge >= 0.3 is 0 Å². The van der Waals surface area contributed by atoms with E-state index in [1.165, 1.54) is 18.4 Å². The van der Waals surface area contributed by atoms with Crippen LogP contribution in [0.3, 0.4) is 0 Å². The van der Waals surface area contributed by atoms with E-state index in [1.54, 1.807) is 0 Å². The molecule has 0 amide bonds. The van der Waals surface area contributed by atoms with Crippen LogP contribution in [0.5, 0.6) is 0 Å². The Labute approximate surface area is 89.0 Å².